The lowest BCUT2D eigenvalue weighted by atomic mass is 10.2. The smallest absolute Gasteiger partial charge is 0.138 e. The van der Waals surface area contributed by atoms with Crippen molar-refractivity contribution in [1.82, 2.24) is 15.3 Å². The molecule has 2 N–H and O–H groups in total. The summed E-state index contributed by atoms with van der Waals surface area (Å²) in [5, 5.41) is 16.2. The molecule has 0 amide bonds. The molecule has 96 valence electrons. The van der Waals surface area contributed by atoms with E-state index in [1.807, 2.05) is 18.5 Å². The molecule has 0 aliphatic carbocycles. The Kier molecular flexibility index (Phi) is 4.28. The molecule has 18 heavy (non-hydrogen) atoms. The van der Waals surface area contributed by atoms with Gasteiger partial charge in [0, 0.05) is 23.8 Å². The van der Waals surface area contributed by atoms with Crippen LogP contribution in [0.15, 0.2) is 23.7 Å². The van der Waals surface area contributed by atoms with Crippen molar-refractivity contribution in [2.24, 2.45) is 0 Å². The van der Waals surface area contributed by atoms with Crippen LogP contribution >= 0.6 is 11.3 Å². The van der Waals surface area contributed by atoms with E-state index < -0.39 is 0 Å². The molecule has 2 rings (SSSR count). The lowest BCUT2D eigenvalue weighted by Crippen LogP contribution is -2.20. The van der Waals surface area contributed by atoms with Crippen LogP contribution in [-0.2, 0) is 6.54 Å². The summed E-state index contributed by atoms with van der Waals surface area (Å²) in [5.74, 6) is 0.238. The molecule has 2 aromatic heterocycles. The molecule has 1 unspecified atom stereocenters. The average molecular weight is 263 g/mol. The highest BCUT2D eigenvalue weighted by Crippen LogP contribution is 2.21. The third kappa shape index (κ3) is 3.05. The van der Waals surface area contributed by atoms with E-state index in [0.717, 1.165) is 17.1 Å². The van der Waals surface area contributed by atoms with Gasteiger partial charge in [-0.15, -0.1) is 11.3 Å². The van der Waals surface area contributed by atoms with Crippen molar-refractivity contribution < 1.29 is 5.11 Å². The molecular formula is C13H17N3OS. The molecule has 0 saturated heterocycles. The summed E-state index contributed by atoms with van der Waals surface area (Å²) in [5.41, 5.74) is 1.59. The highest BCUT2D eigenvalue weighted by atomic mass is 32.1. The molecule has 4 nitrogen and oxygen atoms in total. The van der Waals surface area contributed by atoms with Crippen LogP contribution in [0, 0.1) is 6.92 Å². The highest BCUT2D eigenvalue weighted by Gasteiger charge is 2.12. The third-order valence-corrected chi connectivity index (χ3v) is 3.65. The number of thiazole rings is 1. The van der Waals surface area contributed by atoms with E-state index in [9.17, 15) is 5.11 Å². The summed E-state index contributed by atoms with van der Waals surface area (Å²) in [6, 6.07) is 3.70. The number of hydrogen-bond acceptors (Lipinski definition) is 5. The molecule has 0 aliphatic heterocycles. The van der Waals surface area contributed by atoms with Gasteiger partial charge in [-0.05, 0) is 25.5 Å². The van der Waals surface area contributed by atoms with Crippen LogP contribution in [-0.4, -0.2) is 15.1 Å². The number of rotatable bonds is 5. The number of aromatic hydroxyl groups is 1. The molecule has 0 bridgehead atoms. The van der Waals surface area contributed by atoms with Gasteiger partial charge >= 0.3 is 0 Å². The SMILES string of the molecule is CCC(NCc1nc(C)ccc1O)c1nccs1. The standard InChI is InChI=1S/C13H17N3OS/c1-3-10(13-14-6-7-18-13)15-8-11-12(17)5-4-9(2)16-11/h4-7,10,15,17H,3,8H2,1-2H3. The van der Waals surface area contributed by atoms with Gasteiger partial charge in [0.2, 0.25) is 0 Å². The summed E-state index contributed by atoms with van der Waals surface area (Å²) in [7, 11) is 0. The fourth-order valence-electron chi connectivity index (χ4n) is 1.77. The molecule has 0 aromatic carbocycles. The fourth-order valence-corrected chi connectivity index (χ4v) is 2.56. The number of nitrogens with zero attached hydrogens (tertiary/aromatic N) is 2. The first-order valence-corrected chi connectivity index (χ1v) is 6.87. The molecule has 1 atom stereocenters. The summed E-state index contributed by atoms with van der Waals surface area (Å²) >= 11 is 1.64. The highest BCUT2D eigenvalue weighted by molar-refractivity contribution is 7.09. The maximum atomic E-state index is 9.74. The van der Waals surface area contributed by atoms with Gasteiger partial charge in [-0.25, -0.2) is 4.98 Å². The van der Waals surface area contributed by atoms with Crippen molar-refractivity contribution in [2.45, 2.75) is 32.9 Å². The van der Waals surface area contributed by atoms with Gasteiger partial charge in [-0.2, -0.15) is 0 Å². The summed E-state index contributed by atoms with van der Waals surface area (Å²) < 4.78 is 0. The molecule has 0 saturated carbocycles. The Morgan fingerprint density at radius 3 is 2.94 bits per heavy atom. The molecular weight excluding hydrogens is 246 g/mol. The van der Waals surface area contributed by atoms with Crippen LogP contribution in [0.3, 0.4) is 0 Å². The number of aryl methyl sites for hydroxylation is 1. The largest absolute Gasteiger partial charge is 0.506 e. The number of nitrogens with one attached hydrogen (secondary N) is 1. The first kappa shape index (κ1) is 13.0. The third-order valence-electron chi connectivity index (χ3n) is 2.76. The lowest BCUT2D eigenvalue weighted by Gasteiger charge is -2.14. The van der Waals surface area contributed by atoms with E-state index in [4.69, 9.17) is 0 Å². The van der Waals surface area contributed by atoms with Crippen molar-refractivity contribution in [3.05, 3.63) is 40.1 Å². The van der Waals surface area contributed by atoms with Crippen molar-refractivity contribution in [3.63, 3.8) is 0 Å². The van der Waals surface area contributed by atoms with Crippen molar-refractivity contribution >= 4 is 11.3 Å². The summed E-state index contributed by atoms with van der Waals surface area (Å²) in [6.07, 6.45) is 2.77. The molecule has 0 spiro atoms. The van der Waals surface area contributed by atoms with Gasteiger partial charge in [0.25, 0.3) is 0 Å². The van der Waals surface area contributed by atoms with E-state index in [2.05, 4.69) is 22.2 Å². The van der Waals surface area contributed by atoms with E-state index in [1.165, 1.54) is 0 Å². The second-order valence-corrected chi connectivity index (χ2v) is 5.06. The zero-order chi connectivity index (χ0) is 13.0. The number of hydrogen-bond donors (Lipinski definition) is 2. The second-order valence-electron chi connectivity index (χ2n) is 4.13. The minimum atomic E-state index is 0.215. The van der Waals surface area contributed by atoms with Crippen molar-refractivity contribution in [1.29, 1.82) is 0 Å². The topological polar surface area (TPSA) is 58.0 Å². The maximum Gasteiger partial charge on any atom is 0.138 e. The molecule has 0 fully saturated rings. The van der Waals surface area contributed by atoms with Crippen LogP contribution in [0.5, 0.6) is 5.75 Å². The van der Waals surface area contributed by atoms with E-state index in [0.29, 0.717) is 12.2 Å². The average Bonchev–Trinajstić information content (AvgIpc) is 2.88. The van der Waals surface area contributed by atoms with Crippen molar-refractivity contribution in [3.8, 4) is 5.75 Å². The Morgan fingerprint density at radius 2 is 2.28 bits per heavy atom. The Hall–Kier alpha value is -1.46. The molecule has 2 heterocycles. The Labute approximate surface area is 111 Å². The van der Waals surface area contributed by atoms with Crippen LogP contribution in [0.4, 0.5) is 0 Å². The van der Waals surface area contributed by atoms with Gasteiger partial charge in [-0.3, -0.25) is 4.98 Å². The number of pyridine rings is 1. The van der Waals surface area contributed by atoms with Gasteiger partial charge in [0.1, 0.15) is 10.8 Å². The molecule has 0 radical (unpaired) electrons. The first-order valence-electron chi connectivity index (χ1n) is 5.99. The van der Waals surface area contributed by atoms with E-state index >= 15 is 0 Å². The molecule has 0 aliphatic rings. The Morgan fingerprint density at radius 1 is 1.44 bits per heavy atom. The van der Waals surface area contributed by atoms with Gasteiger partial charge in [-0.1, -0.05) is 6.92 Å². The minimum absolute atomic E-state index is 0.215. The Balaban J connectivity index is 2.04. The van der Waals surface area contributed by atoms with Gasteiger partial charge in [0.15, 0.2) is 0 Å². The number of aromatic nitrogens is 2. The van der Waals surface area contributed by atoms with Gasteiger partial charge in [0.05, 0.1) is 11.7 Å². The quantitative estimate of drug-likeness (QED) is 0.871. The fraction of sp³-hybridized carbons (Fsp3) is 0.385. The van der Waals surface area contributed by atoms with Crippen LogP contribution in [0.1, 0.15) is 35.8 Å². The van der Waals surface area contributed by atoms with E-state index in [1.54, 1.807) is 23.5 Å². The van der Waals surface area contributed by atoms with Crippen LogP contribution < -0.4 is 5.32 Å². The normalized spacial score (nSPS) is 12.6. The maximum absolute atomic E-state index is 9.74. The predicted octanol–water partition coefficient (Wildman–Crippen LogP) is 2.79. The summed E-state index contributed by atoms with van der Waals surface area (Å²) in [6.45, 7) is 4.58. The summed E-state index contributed by atoms with van der Waals surface area (Å²) in [4.78, 5) is 8.64. The predicted molar refractivity (Wildman–Crippen MR) is 72.6 cm³/mol. The minimum Gasteiger partial charge on any atom is -0.506 e. The first-order chi connectivity index (χ1) is 8.70. The lowest BCUT2D eigenvalue weighted by molar-refractivity contribution is 0.448. The zero-order valence-corrected chi connectivity index (χ0v) is 11.4. The second kappa shape index (κ2) is 5.93. The van der Waals surface area contributed by atoms with Gasteiger partial charge < -0.3 is 10.4 Å². The molecule has 2 aromatic rings. The molecule has 5 heteroatoms. The van der Waals surface area contributed by atoms with E-state index in [-0.39, 0.29) is 11.8 Å². The van der Waals surface area contributed by atoms with Crippen LogP contribution in [0.2, 0.25) is 0 Å². The zero-order valence-electron chi connectivity index (χ0n) is 10.6. The van der Waals surface area contributed by atoms with Crippen molar-refractivity contribution in [2.75, 3.05) is 0 Å². The Bertz CT molecular complexity index is 499. The monoisotopic (exact) mass is 263 g/mol. The van der Waals surface area contributed by atoms with Crippen LogP contribution in [0.25, 0.3) is 0 Å².